The minimum Gasteiger partial charge on any atom is -0.467 e. The summed E-state index contributed by atoms with van der Waals surface area (Å²) in [6.45, 7) is 1.83. The molecule has 146 valence electrons. The molecule has 0 saturated heterocycles. The SMILES string of the molecule is CN(C)C(=NCc1ccccc1)NCCc1cc(F)cc2c1OCOC2.I. The number of aliphatic imine (C=N–C) groups is 1. The Bertz CT molecular complexity index is 769. The van der Waals surface area contributed by atoms with E-state index in [1.165, 1.54) is 12.1 Å². The number of nitrogens with one attached hydrogen (secondary N) is 1. The molecule has 0 aromatic heterocycles. The fraction of sp³-hybridized carbons (Fsp3) is 0.350. The Labute approximate surface area is 176 Å². The summed E-state index contributed by atoms with van der Waals surface area (Å²) in [6, 6.07) is 13.1. The van der Waals surface area contributed by atoms with E-state index in [1.807, 2.05) is 37.2 Å². The molecular formula is C20H25FIN3O2. The van der Waals surface area contributed by atoms with Crippen LogP contribution in [0.15, 0.2) is 47.5 Å². The third-order valence-corrected chi connectivity index (χ3v) is 4.11. The maximum atomic E-state index is 13.8. The van der Waals surface area contributed by atoms with E-state index in [2.05, 4.69) is 22.4 Å². The highest BCUT2D eigenvalue weighted by atomic mass is 127. The number of hydrogen-bond donors (Lipinski definition) is 1. The number of guanidine groups is 1. The lowest BCUT2D eigenvalue weighted by molar-refractivity contribution is -0.0172. The lowest BCUT2D eigenvalue weighted by Crippen LogP contribution is -2.37. The average Bonchev–Trinajstić information content (AvgIpc) is 2.64. The van der Waals surface area contributed by atoms with Crippen LogP contribution in [0.4, 0.5) is 4.39 Å². The Morgan fingerprint density at radius 3 is 2.74 bits per heavy atom. The summed E-state index contributed by atoms with van der Waals surface area (Å²) in [5.41, 5.74) is 2.76. The van der Waals surface area contributed by atoms with Crippen molar-refractivity contribution in [3.63, 3.8) is 0 Å². The maximum absolute atomic E-state index is 13.8. The smallest absolute Gasteiger partial charge is 0.193 e. The largest absolute Gasteiger partial charge is 0.467 e. The van der Waals surface area contributed by atoms with Gasteiger partial charge in [0.1, 0.15) is 11.6 Å². The molecule has 1 aliphatic heterocycles. The Morgan fingerprint density at radius 1 is 1.22 bits per heavy atom. The highest BCUT2D eigenvalue weighted by Crippen LogP contribution is 2.29. The molecule has 2 aromatic rings. The summed E-state index contributed by atoms with van der Waals surface area (Å²) in [6.07, 6.45) is 0.637. The van der Waals surface area contributed by atoms with Crippen LogP contribution in [-0.2, 0) is 24.3 Å². The highest BCUT2D eigenvalue weighted by Gasteiger charge is 2.16. The first kappa shape index (κ1) is 21.4. The van der Waals surface area contributed by atoms with Gasteiger partial charge in [-0.05, 0) is 29.7 Å². The molecular weight excluding hydrogens is 460 g/mol. The molecule has 1 aliphatic rings. The standard InChI is InChI=1S/C20H24FN3O2.HI/c1-24(2)20(23-12-15-6-4-3-5-7-15)22-9-8-16-10-18(21)11-17-13-25-14-26-19(16)17;/h3-7,10-11H,8-9,12-14H2,1-2H3,(H,22,23);1H. The molecule has 0 radical (unpaired) electrons. The number of fused-ring (bicyclic) bond motifs is 1. The van der Waals surface area contributed by atoms with Crippen molar-refractivity contribution in [1.82, 2.24) is 10.2 Å². The number of rotatable bonds is 5. The second kappa shape index (κ2) is 10.5. The van der Waals surface area contributed by atoms with Gasteiger partial charge < -0.3 is 19.7 Å². The van der Waals surface area contributed by atoms with Crippen LogP contribution in [0.3, 0.4) is 0 Å². The maximum Gasteiger partial charge on any atom is 0.193 e. The number of ether oxygens (including phenoxy) is 2. The number of halogens is 2. The van der Waals surface area contributed by atoms with Crippen molar-refractivity contribution in [2.45, 2.75) is 19.6 Å². The molecule has 0 bridgehead atoms. The molecule has 0 atom stereocenters. The van der Waals surface area contributed by atoms with Gasteiger partial charge in [0.05, 0.1) is 13.2 Å². The van der Waals surface area contributed by atoms with E-state index in [1.54, 1.807) is 0 Å². The van der Waals surface area contributed by atoms with E-state index in [0.717, 1.165) is 28.4 Å². The van der Waals surface area contributed by atoms with Crippen LogP contribution in [0, 0.1) is 5.82 Å². The van der Waals surface area contributed by atoms with Gasteiger partial charge in [0, 0.05) is 26.2 Å². The molecule has 27 heavy (non-hydrogen) atoms. The van der Waals surface area contributed by atoms with Crippen LogP contribution in [0.5, 0.6) is 5.75 Å². The van der Waals surface area contributed by atoms with E-state index >= 15 is 0 Å². The van der Waals surface area contributed by atoms with Crippen LogP contribution in [-0.4, -0.2) is 38.3 Å². The fourth-order valence-corrected chi connectivity index (χ4v) is 2.86. The molecule has 7 heteroatoms. The molecule has 1 heterocycles. The molecule has 1 N–H and O–H groups in total. The van der Waals surface area contributed by atoms with Crippen molar-refractivity contribution in [2.24, 2.45) is 4.99 Å². The van der Waals surface area contributed by atoms with Gasteiger partial charge in [-0.2, -0.15) is 0 Å². The topological polar surface area (TPSA) is 46.1 Å². The summed E-state index contributed by atoms with van der Waals surface area (Å²) in [5, 5.41) is 3.33. The van der Waals surface area contributed by atoms with Crippen molar-refractivity contribution >= 4 is 29.9 Å². The summed E-state index contributed by atoms with van der Waals surface area (Å²) in [5.74, 6) is 1.27. The number of hydrogen-bond acceptors (Lipinski definition) is 3. The zero-order chi connectivity index (χ0) is 18.4. The van der Waals surface area contributed by atoms with Crippen LogP contribution < -0.4 is 10.1 Å². The number of nitrogens with zero attached hydrogens (tertiary/aromatic N) is 2. The second-order valence-electron chi connectivity index (χ2n) is 6.36. The third kappa shape index (κ3) is 6.07. The fourth-order valence-electron chi connectivity index (χ4n) is 2.86. The average molecular weight is 485 g/mol. The van der Waals surface area contributed by atoms with E-state index < -0.39 is 0 Å². The predicted octanol–water partition coefficient (Wildman–Crippen LogP) is 3.56. The quantitative estimate of drug-likeness (QED) is 0.400. The van der Waals surface area contributed by atoms with E-state index in [-0.39, 0.29) is 36.6 Å². The Kier molecular flexibility index (Phi) is 8.30. The first-order chi connectivity index (χ1) is 12.6. The molecule has 2 aromatic carbocycles. The summed E-state index contributed by atoms with van der Waals surface area (Å²) in [7, 11) is 3.89. The van der Waals surface area contributed by atoms with Crippen molar-refractivity contribution in [3.8, 4) is 5.75 Å². The van der Waals surface area contributed by atoms with Crippen molar-refractivity contribution in [2.75, 3.05) is 27.4 Å². The van der Waals surface area contributed by atoms with Crippen molar-refractivity contribution < 1.29 is 13.9 Å². The molecule has 0 saturated carbocycles. The van der Waals surface area contributed by atoms with E-state index in [0.29, 0.717) is 26.1 Å². The van der Waals surface area contributed by atoms with Gasteiger partial charge in [0.25, 0.3) is 0 Å². The molecule has 0 amide bonds. The van der Waals surface area contributed by atoms with Crippen LogP contribution in [0.1, 0.15) is 16.7 Å². The zero-order valence-corrected chi connectivity index (χ0v) is 17.9. The van der Waals surface area contributed by atoms with Gasteiger partial charge in [-0.3, -0.25) is 0 Å². The van der Waals surface area contributed by atoms with Gasteiger partial charge in [0.2, 0.25) is 0 Å². The first-order valence-electron chi connectivity index (χ1n) is 8.65. The van der Waals surface area contributed by atoms with Gasteiger partial charge in [-0.25, -0.2) is 9.38 Å². The normalized spacial score (nSPS) is 13.2. The monoisotopic (exact) mass is 485 g/mol. The Morgan fingerprint density at radius 2 is 2.00 bits per heavy atom. The second-order valence-corrected chi connectivity index (χ2v) is 6.36. The molecule has 5 nitrogen and oxygen atoms in total. The molecule has 0 unspecified atom stereocenters. The van der Waals surface area contributed by atoms with E-state index in [9.17, 15) is 4.39 Å². The highest BCUT2D eigenvalue weighted by molar-refractivity contribution is 14.0. The summed E-state index contributed by atoms with van der Waals surface area (Å²) >= 11 is 0. The number of benzene rings is 2. The summed E-state index contributed by atoms with van der Waals surface area (Å²) in [4.78, 5) is 6.57. The first-order valence-corrected chi connectivity index (χ1v) is 8.65. The Balaban J connectivity index is 0.00000261. The van der Waals surface area contributed by atoms with Crippen molar-refractivity contribution in [1.29, 1.82) is 0 Å². The third-order valence-electron chi connectivity index (χ3n) is 4.11. The van der Waals surface area contributed by atoms with Gasteiger partial charge in [-0.15, -0.1) is 24.0 Å². The molecule has 0 spiro atoms. The minimum absolute atomic E-state index is 0. The molecule has 0 aliphatic carbocycles. The van der Waals surface area contributed by atoms with Crippen LogP contribution >= 0.6 is 24.0 Å². The van der Waals surface area contributed by atoms with Gasteiger partial charge in [0.15, 0.2) is 12.8 Å². The predicted molar refractivity (Wildman–Crippen MR) is 115 cm³/mol. The van der Waals surface area contributed by atoms with Crippen LogP contribution in [0.25, 0.3) is 0 Å². The van der Waals surface area contributed by atoms with E-state index in [4.69, 9.17) is 9.47 Å². The van der Waals surface area contributed by atoms with Crippen LogP contribution in [0.2, 0.25) is 0 Å². The lowest BCUT2D eigenvalue weighted by Gasteiger charge is -2.22. The molecule has 0 fully saturated rings. The summed E-state index contributed by atoms with van der Waals surface area (Å²) < 4.78 is 24.6. The lowest BCUT2D eigenvalue weighted by atomic mass is 10.1. The van der Waals surface area contributed by atoms with Crippen molar-refractivity contribution in [3.05, 3.63) is 65.0 Å². The molecule has 3 rings (SSSR count). The zero-order valence-electron chi connectivity index (χ0n) is 15.6. The van der Waals surface area contributed by atoms with Gasteiger partial charge in [-0.1, -0.05) is 30.3 Å². The Hall–Kier alpha value is -1.87. The van der Waals surface area contributed by atoms with Gasteiger partial charge >= 0.3 is 0 Å². The minimum atomic E-state index is -0.265.